The molecular weight excluding hydrogens is 304 g/mol. The molecule has 0 saturated carbocycles. The van der Waals surface area contributed by atoms with Crippen molar-refractivity contribution in [1.29, 1.82) is 0 Å². The normalized spacial score (nSPS) is 39.8. The van der Waals surface area contributed by atoms with Gasteiger partial charge in [0.1, 0.15) is 5.60 Å². The molecule has 130 valence electrons. The maximum Gasteiger partial charge on any atom is 0.195 e. The zero-order chi connectivity index (χ0) is 16.8. The summed E-state index contributed by atoms with van der Waals surface area (Å²) in [6, 6.07) is 0. The van der Waals surface area contributed by atoms with Crippen LogP contribution >= 0.6 is 0 Å². The summed E-state index contributed by atoms with van der Waals surface area (Å²) in [6.07, 6.45) is -1.06. The van der Waals surface area contributed by atoms with E-state index >= 15 is 0 Å². The molecule has 2 aliphatic heterocycles. The molecule has 2 saturated heterocycles. The fraction of sp³-hybridized carbons (Fsp3) is 1.00. The minimum absolute atomic E-state index is 0.0599. The van der Waals surface area contributed by atoms with Crippen LogP contribution in [0, 0.1) is 5.92 Å². The first-order valence-electron chi connectivity index (χ1n) is 7.88. The van der Waals surface area contributed by atoms with Crippen LogP contribution in [0.3, 0.4) is 0 Å². The fourth-order valence-electron chi connectivity index (χ4n) is 2.76. The molecule has 0 radical (unpaired) electrons. The van der Waals surface area contributed by atoms with Crippen LogP contribution in [0.25, 0.3) is 0 Å². The molecule has 0 spiro atoms. The van der Waals surface area contributed by atoms with Crippen molar-refractivity contribution in [3.63, 3.8) is 0 Å². The predicted octanol–water partition coefficient (Wildman–Crippen LogP) is 1.81. The first-order chi connectivity index (χ1) is 10.0. The predicted molar refractivity (Wildman–Crippen MR) is 83.6 cm³/mol. The van der Waals surface area contributed by atoms with Gasteiger partial charge in [0.25, 0.3) is 0 Å². The maximum atomic E-state index is 10.8. The molecule has 0 aliphatic carbocycles. The van der Waals surface area contributed by atoms with Gasteiger partial charge in [0.05, 0.1) is 0 Å². The highest BCUT2D eigenvalue weighted by molar-refractivity contribution is 6.74. The lowest BCUT2D eigenvalue weighted by Crippen LogP contribution is -2.57. The summed E-state index contributed by atoms with van der Waals surface area (Å²) >= 11 is 0. The lowest BCUT2D eigenvalue weighted by atomic mass is 9.81. The number of hydrogen-bond acceptors (Lipinski definition) is 6. The first kappa shape index (κ1) is 18.3. The van der Waals surface area contributed by atoms with Crippen LogP contribution in [0.4, 0.5) is 0 Å². The molecule has 0 bridgehead atoms. The standard InChI is InChI=1S/C15H30O6Si/c1-14(2,3)22(5,6)21-11-7-10(9-16)15(17)8-12(18-4)20-13(15)19-11/h10-13,16-17H,7-9H2,1-6H3/t10-,11-,12+,13-,15+/m1/s1. The molecule has 7 heteroatoms. The summed E-state index contributed by atoms with van der Waals surface area (Å²) in [5.74, 6) is -0.346. The molecule has 2 heterocycles. The molecule has 0 unspecified atom stereocenters. The SMILES string of the molecule is CO[C@@H]1C[C@]2(O)[C@@H](CO)C[C@@H](O[Si](C)(C)C(C)(C)C)O[C@@H]2O1. The van der Waals surface area contributed by atoms with Gasteiger partial charge in [-0.1, -0.05) is 20.8 Å². The maximum absolute atomic E-state index is 10.8. The number of rotatable bonds is 4. The highest BCUT2D eigenvalue weighted by Crippen LogP contribution is 2.46. The van der Waals surface area contributed by atoms with Crippen molar-refractivity contribution >= 4 is 8.32 Å². The van der Waals surface area contributed by atoms with E-state index in [9.17, 15) is 10.2 Å². The smallest absolute Gasteiger partial charge is 0.195 e. The van der Waals surface area contributed by atoms with Gasteiger partial charge in [-0.15, -0.1) is 0 Å². The average Bonchev–Trinajstić information content (AvgIpc) is 2.73. The Kier molecular flexibility index (Phi) is 5.10. The van der Waals surface area contributed by atoms with E-state index in [2.05, 4.69) is 33.9 Å². The van der Waals surface area contributed by atoms with Crippen LogP contribution in [-0.2, 0) is 18.6 Å². The van der Waals surface area contributed by atoms with Gasteiger partial charge in [-0.25, -0.2) is 0 Å². The van der Waals surface area contributed by atoms with Crippen LogP contribution < -0.4 is 0 Å². The lowest BCUT2D eigenvalue weighted by molar-refractivity contribution is -0.317. The van der Waals surface area contributed by atoms with Crippen molar-refractivity contribution in [2.24, 2.45) is 5.92 Å². The second-order valence-electron chi connectivity index (χ2n) is 7.89. The van der Waals surface area contributed by atoms with Crippen LogP contribution in [0.2, 0.25) is 18.1 Å². The fourth-order valence-corrected chi connectivity index (χ4v) is 3.92. The van der Waals surface area contributed by atoms with Gasteiger partial charge < -0.3 is 28.8 Å². The highest BCUT2D eigenvalue weighted by Gasteiger charge is 2.58. The number of methoxy groups -OCH3 is 1. The third-order valence-corrected chi connectivity index (χ3v) is 9.82. The molecule has 2 fully saturated rings. The molecular formula is C15H30O6Si. The van der Waals surface area contributed by atoms with E-state index in [-0.39, 0.29) is 17.6 Å². The third-order valence-electron chi connectivity index (χ3n) is 5.35. The van der Waals surface area contributed by atoms with Crippen molar-refractivity contribution in [3.05, 3.63) is 0 Å². The molecule has 0 aromatic rings. The third kappa shape index (κ3) is 3.26. The van der Waals surface area contributed by atoms with Crippen LogP contribution in [-0.4, -0.2) is 56.7 Å². The van der Waals surface area contributed by atoms with E-state index in [1.165, 1.54) is 7.11 Å². The molecule has 2 rings (SSSR count). The Labute approximate surface area is 133 Å². The van der Waals surface area contributed by atoms with Gasteiger partial charge in [-0.2, -0.15) is 0 Å². The van der Waals surface area contributed by atoms with Gasteiger partial charge in [-0.05, 0) is 18.1 Å². The van der Waals surface area contributed by atoms with Crippen molar-refractivity contribution in [1.82, 2.24) is 0 Å². The highest BCUT2D eigenvalue weighted by atomic mass is 28.4. The minimum atomic E-state index is -2.00. The summed E-state index contributed by atoms with van der Waals surface area (Å²) < 4.78 is 22.9. The van der Waals surface area contributed by atoms with E-state index in [0.717, 1.165) is 0 Å². The Morgan fingerprint density at radius 2 is 1.82 bits per heavy atom. The van der Waals surface area contributed by atoms with Crippen LogP contribution in [0.1, 0.15) is 33.6 Å². The van der Waals surface area contributed by atoms with Crippen molar-refractivity contribution in [2.75, 3.05) is 13.7 Å². The van der Waals surface area contributed by atoms with Gasteiger partial charge in [0.15, 0.2) is 27.2 Å². The van der Waals surface area contributed by atoms with Crippen LogP contribution in [0.5, 0.6) is 0 Å². The van der Waals surface area contributed by atoms with Crippen LogP contribution in [0.15, 0.2) is 0 Å². The Bertz CT molecular complexity index is 396. The number of aliphatic hydroxyl groups excluding tert-OH is 1. The quantitative estimate of drug-likeness (QED) is 0.764. The Hall–Kier alpha value is -0.0231. The van der Waals surface area contributed by atoms with Gasteiger partial charge in [0, 0.05) is 32.5 Å². The summed E-state index contributed by atoms with van der Waals surface area (Å²) in [4.78, 5) is 0. The van der Waals surface area contributed by atoms with E-state index in [1.54, 1.807) is 0 Å². The molecule has 2 N–H and O–H groups in total. The monoisotopic (exact) mass is 334 g/mol. The molecule has 6 nitrogen and oxygen atoms in total. The first-order valence-corrected chi connectivity index (χ1v) is 10.8. The lowest BCUT2D eigenvalue weighted by Gasteiger charge is -2.46. The summed E-state index contributed by atoms with van der Waals surface area (Å²) in [6.45, 7) is 10.7. The number of hydrogen-bond donors (Lipinski definition) is 2. The van der Waals surface area contributed by atoms with Gasteiger partial charge in [-0.3, -0.25) is 0 Å². The van der Waals surface area contributed by atoms with E-state index in [0.29, 0.717) is 12.8 Å². The Balaban J connectivity index is 2.12. The Morgan fingerprint density at radius 3 is 2.32 bits per heavy atom. The molecule has 0 amide bonds. The van der Waals surface area contributed by atoms with E-state index in [1.807, 2.05) is 0 Å². The number of ether oxygens (including phenoxy) is 3. The average molecular weight is 334 g/mol. The van der Waals surface area contributed by atoms with Crippen molar-refractivity contribution in [3.8, 4) is 0 Å². The topological polar surface area (TPSA) is 77.4 Å². The van der Waals surface area contributed by atoms with Crippen molar-refractivity contribution < 1.29 is 28.8 Å². The second kappa shape index (κ2) is 6.12. The zero-order valence-electron chi connectivity index (χ0n) is 14.5. The molecule has 0 aromatic heterocycles. The number of aliphatic hydroxyl groups is 2. The zero-order valence-corrected chi connectivity index (χ0v) is 15.5. The summed E-state index contributed by atoms with van der Waals surface area (Å²) in [5.41, 5.74) is -1.22. The molecule has 5 atom stereocenters. The summed E-state index contributed by atoms with van der Waals surface area (Å²) in [5, 5.41) is 20.6. The largest absolute Gasteiger partial charge is 0.396 e. The molecule has 0 aromatic carbocycles. The molecule has 22 heavy (non-hydrogen) atoms. The number of fused-ring (bicyclic) bond motifs is 1. The molecule has 2 aliphatic rings. The van der Waals surface area contributed by atoms with Crippen molar-refractivity contribution in [2.45, 2.75) is 76.2 Å². The Morgan fingerprint density at radius 1 is 1.23 bits per heavy atom. The van der Waals surface area contributed by atoms with E-state index in [4.69, 9.17) is 18.6 Å². The summed E-state index contributed by atoms with van der Waals surface area (Å²) in [7, 11) is -0.473. The minimum Gasteiger partial charge on any atom is -0.396 e. The second-order valence-corrected chi connectivity index (χ2v) is 12.6. The van der Waals surface area contributed by atoms with Gasteiger partial charge in [0.2, 0.25) is 0 Å². The van der Waals surface area contributed by atoms with Gasteiger partial charge >= 0.3 is 0 Å². The van der Waals surface area contributed by atoms with E-state index < -0.39 is 32.8 Å².